The third-order valence-electron chi connectivity index (χ3n) is 2.13. The summed E-state index contributed by atoms with van der Waals surface area (Å²) in [5.74, 6) is 0. The van der Waals surface area contributed by atoms with Crippen LogP contribution in [0.1, 0.15) is 33.1 Å². The summed E-state index contributed by atoms with van der Waals surface area (Å²) in [4.78, 5) is 0. The number of hydrogen-bond acceptors (Lipinski definition) is 2. The average Bonchev–Trinajstić information content (AvgIpc) is 2.21. The largest absolute Gasteiger partial charge is 0.385 e. The molecule has 14 heavy (non-hydrogen) atoms. The lowest BCUT2D eigenvalue weighted by molar-refractivity contribution is 0.195. The molecule has 0 aromatic heterocycles. The van der Waals surface area contributed by atoms with Crippen LogP contribution in [0, 0.1) is 0 Å². The van der Waals surface area contributed by atoms with Crippen molar-refractivity contribution in [1.82, 2.24) is 10.6 Å². The van der Waals surface area contributed by atoms with Crippen LogP contribution in [0.2, 0.25) is 0 Å². The second-order valence-electron chi connectivity index (χ2n) is 3.26. The molecule has 0 spiro atoms. The van der Waals surface area contributed by atoms with Crippen LogP contribution >= 0.6 is 12.2 Å². The minimum atomic E-state index is 0.498. The number of hydrogen-bond donors (Lipinski definition) is 2. The first kappa shape index (κ1) is 13.7. The molecule has 3 nitrogen and oxygen atoms in total. The Morgan fingerprint density at radius 2 is 2.00 bits per heavy atom. The minimum absolute atomic E-state index is 0.498. The van der Waals surface area contributed by atoms with E-state index in [9.17, 15) is 0 Å². The van der Waals surface area contributed by atoms with Crippen molar-refractivity contribution in [3.8, 4) is 0 Å². The van der Waals surface area contributed by atoms with Crippen molar-refractivity contribution in [2.24, 2.45) is 0 Å². The summed E-state index contributed by atoms with van der Waals surface area (Å²) < 4.78 is 4.94. The molecule has 0 radical (unpaired) electrons. The third-order valence-corrected chi connectivity index (χ3v) is 2.39. The molecule has 0 atom stereocenters. The van der Waals surface area contributed by atoms with Crippen LogP contribution in [0.5, 0.6) is 0 Å². The number of nitrogens with one attached hydrogen (secondary N) is 2. The van der Waals surface area contributed by atoms with Crippen LogP contribution in [0.4, 0.5) is 0 Å². The van der Waals surface area contributed by atoms with Gasteiger partial charge in [-0.2, -0.15) is 0 Å². The molecule has 0 saturated carbocycles. The molecule has 0 fully saturated rings. The van der Waals surface area contributed by atoms with Gasteiger partial charge in [0.2, 0.25) is 0 Å². The van der Waals surface area contributed by atoms with E-state index in [4.69, 9.17) is 17.0 Å². The standard InChI is InChI=1S/C10H22N2OS/c1-4-9(5-2)12-10(14)11-7-6-8-13-3/h9H,4-8H2,1-3H3,(H2,11,12,14). The predicted octanol–water partition coefficient (Wildman–Crippen LogP) is 1.68. The van der Waals surface area contributed by atoms with Gasteiger partial charge in [-0.3, -0.25) is 0 Å². The highest BCUT2D eigenvalue weighted by atomic mass is 32.1. The van der Waals surface area contributed by atoms with Gasteiger partial charge < -0.3 is 15.4 Å². The maximum atomic E-state index is 5.15. The maximum Gasteiger partial charge on any atom is 0.166 e. The second kappa shape index (κ2) is 9.21. The van der Waals surface area contributed by atoms with Gasteiger partial charge in [-0.25, -0.2) is 0 Å². The monoisotopic (exact) mass is 218 g/mol. The van der Waals surface area contributed by atoms with E-state index in [1.54, 1.807) is 7.11 Å². The van der Waals surface area contributed by atoms with Gasteiger partial charge in [0, 0.05) is 26.3 Å². The summed E-state index contributed by atoms with van der Waals surface area (Å²) in [7, 11) is 1.71. The lowest BCUT2D eigenvalue weighted by Gasteiger charge is -2.17. The fourth-order valence-electron chi connectivity index (χ4n) is 1.15. The normalized spacial score (nSPS) is 10.3. The molecule has 0 aromatic carbocycles. The topological polar surface area (TPSA) is 33.3 Å². The zero-order valence-corrected chi connectivity index (χ0v) is 10.2. The van der Waals surface area contributed by atoms with Crippen LogP contribution in [0.25, 0.3) is 0 Å². The van der Waals surface area contributed by atoms with Crippen LogP contribution in [0.3, 0.4) is 0 Å². The Kier molecular flexibility index (Phi) is 8.98. The highest BCUT2D eigenvalue weighted by molar-refractivity contribution is 7.80. The first-order chi connectivity index (χ1) is 6.74. The summed E-state index contributed by atoms with van der Waals surface area (Å²) in [6.45, 7) is 5.98. The quantitative estimate of drug-likeness (QED) is 0.503. The molecule has 0 heterocycles. The van der Waals surface area contributed by atoms with E-state index >= 15 is 0 Å². The van der Waals surface area contributed by atoms with Gasteiger partial charge in [0.1, 0.15) is 0 Å². The molecule has 2 N–H and O–H groups in total. The lowest BCUT2D eigenvalue weighted by atomic mass is 10.2. The minimum Gasteiger partial charge on any atom is -0.385 e. The van der Waals surface area contributed by atoms with E-state index in [2.05, 4.69) is 24.5 Å². The van der Waals surface area contributed by atoms with Gasteiger partial charge in [-0.1, -0.05) is 13.8 Å². The van der Waals surface area contributed by atoms with Crippen LogP contribution in [-0.2, 0) is 4.74 Å². The van der Waals surface area contributed by atoms with E-state index in [-0.39, 0.29) is 0 Å². The van der Waals surface area contributed by atoms with Crippen LogP contribution < -0.4 is 10.6 Å². The molecule has 0 bridgehead atoms. The molecule has 84 valence electrons. The van der Waals surface area contributed by atoms with Crippen molar-refractivity contribution in [2.45, 2.75) is 39.2 Å². The second-order valence-corrected chi connectivity index (χ2v) is 3.67. The molecule has 0 amide bonds. The fourth-order valence-corrected chi connectivity index (χ4v) is 1.42. The zero-order chi connectivity index (χ0) is 10.8. The average molecular weight is 218 g/mol. The molecule has 0 rings (SSSR count). The van der Waals surface area contributed by atoms with Crippen molar-refractivity contribution in [2.75, 3.05) is 20.3 Å². The summed E-state index contributed by atoms with van der Waals surface area (Å²) >= 11 is 5.15. The molecule has 0 aliphatic carbocycles. The Labute approximate surface area is 92.6 Å². The zero-order valence-electron chi connectivity index (χ0n) is 9.43. The third kappa shape index (κ3) is 7.09. The number of thiocarbonyl (C=S) groups is 1. The van der Waals surface area contributed by atoms with Crippen molar-refractivity contribution in [3.05, 3.63) is 0 Å². The summed E-state index contributed by atoms with van der Waals surface area (Å²) in [5.41, 5.74) is 0. The summed E-state index contributed by atoms with van der Waals surface area (Å²) in [6, 6.07) is 0.498. The molecule has 4 heteroatoms. The van der Waals surface area contributed by atoms with Gasteiger partial charge in [0.15, 0.2) is 5.11 Å². The SMILES string of the molecule is CCC(CC)NC(=S)NCCCOC. The Bertz CT molecular complexity index is 149. The Morgan fingerprint density at radius 3 is 2.50 bits per heavy atom. The van der Waals surface area contributed by atoms with E-state index < -0.39 is 0 Å². The molecule has 0 aromatic rings. The van der Waals surface area contributed by atoms with Crippen LogP contribution in [0.15, 0.2) is 0 Å². The fraction of sp³-hybridized carbons (Fsp3) is 0.900. The van der Waals surface area contributed by atoms with Crippen molar-refractivity contribution >= 4 is 17.3 Å². The lowest BCUT2D eigenvalue weighted by Crippen LogP contribution is -2.41. The molecule has 0 unspecified atom stereocenters. The van der Waals surface area contributed by atoms with Gasteiger partial charge in [-0.05, 0) is 31.5 Å². The smallest absolute Gasteiger partial charge is 0.166 e. The number of methoxy groups -OCH3 is 1. The molecular weight excluding hydrogens is 196 g/mol. The van der Waals surface area contributed by atoms with Crippen molar-refractivity contribution < 1.29 is 4.74 Å². The predicted molar refractivity (Wildman–Crippen MR) is 64.6 cm³/mol. The van der Waals surface area contributed by atoms with Crippen molar-refractivity contribution in [3.63, 3.8) is 0 Å². The van der Waals surface area contributed by atoms with E-state index in [1.165, 1.54) is 0 Å². The van der Waals surface area contributed by atoms with E-state index in [0.29, 0.717) is 6.04 Å². The van der Waals surface area contributed by atoms with Crippen LogP contribution in [-0.4, -0.2) is 31.4 Å². The summed E-state index contributed by atoms with van der Waals surface area (Å²) in [5, 5.41) is 7.19. The molecule has 0 aliphatic heterocycles. The first-order valence-corrected chi connectivity index (χ1v) is 5.68. The molecule has 0 saturated heterocycles. The van der Waals surface area contributed by atoms with Gasteiger partial charge in [0.25, 0.3) is 0 Å². The highest BCUT2D eigenvalue weighted by Gasteiger charge is 2.03. The van der Waals surface area contributed by atoms with Gasteiger partial charge in [0.05, 0.1) is 0 Å². The Balaban J connectivity index is 3.44. The van der Waals surface area contributed by atoms with Gasteiger partial charge >= 0.3 is 0 Å². The summed E-state index contributed by atoms with van der Waals surface area (Å²) in [6.07, 6.45) is 3.20. The van der Waals surface area contributed by atoms with Crippen molar-refractivity contribution in [1.29, 1.82) is 0 Å². The Hall–Kier alpha value is -0.350. The Morgan fingerprint density at radius 1 is 1.36 bits per heavy atom. The molecule has 0 aliphatic rings. The van der Waals surface area contributed by atoms with E-state index in [1.807, 2.05) is 0 Å². The number of rotatable bonds is 7. The molecular formula is C10H22N2OS. The number of ether oxygens (including phenoxy) is 1. The highest BCUT2D eigenvalue weighted by Crippen LogP contribution is 1.95. The van der Waals surface area contributed by atoms with Gasteiger partial charge in [-0.15, -0.1) is 0 Å². The maximum absolute atomic E-state index is 5.15. The first-order valence-electron chi connectivity index (χ1n) is 5.27. The van der Waals surface area contributed by atoms with E-state index in [0.717, 1.165) is 37.5 Å².